The lowest BCUT2D eigenvalue weighted by molar-refractivity contribution is -0.169. The highest BCUT2D eigenvalue weighted by Crippen LogP contribution is 2.33. The van der Waals surface area contributed by atoms with Gasteiger partial charge in [0.2, 0.25) is 0 Å². The SMILES string of the molecule is CC.CN(CCF)CCC1CC(C(F)(F)F)CN1. The molecule has 18 heavy (non-hydrogen) atoms. The molecule has 0 aromatic rings. The molecule has 0 bridgehead atoms. The molecule has 1 fully saturated rings. The van der Waals surface area contributed by atoms with Crippen LogP contribution < -0.4 is 5.32 Å². The van der Waals surface area contributed by atoms with E-state index in [4.69, 9.17) is 0 Å². The lowest BCUT2D eigenvalue weighted by atomic mass is 10.0. The zero-order valence-electron chi connectivity index (χ0n) is 11.4. The number of alkyl halides is 4. The van der Waals surface area contributed by atoms with Gasteiger partial charge in [0.25, 0.3) is 0 Å². The Hall–Kier alpha value is -0.360. The van der Waals surface area contributed by atoms with Crippen LogP contribution in [0.3, 0.4) is 0 Å². The number of nitrogens with one attached hydrogen (secondary N) is 1. The Kier molecular flexibility index (Phi) is 8.52. The van der Waals surface area contributed by atoms with Crippen LogP contribution in [0.15, 0.2) is 0 Å². The predicted molar refractivity (Wildman–Crippen MR) is 65.4 cm³/mol. The second-order valence-electron chi connectivity index (χ2n) is 4.36. The third-order valence-electron chi connectivity index (χ3n) is 3.01. The first-order chi connectivity index (χ1) is 8.43. The molecule has 2 nitrogen and oxygen atoms in total. The van der Waals surface area contributed by atoms with Crippen molar-refractivity contribution in [2.45, 2.75) is 38.9 Å². The van der Waals surface area contributed by atoms with Crippen molar-refractivity contribution in [1.82, 2.24) is 10.2 Å². The fourth-order valence-corrected chi connectivity index (χ4v) is 1.92. The molecule has 1 aliphatic heterocycles. The van der Waals surface area contributed by atoms with E-state index in [-0.39, 0.29) is 19.0 Å². The highest BCUT2D eigenvalue weighted by Gasteiger charge is 2.43. The summed E-state index contributed by atoms with van der Waals surface area (Å²) in [7, 11) is 1.77. The monoisotopic (exact) mass is 272 g/mol. The lowest BCUT2D eigenvalue weighted by Gasteiger charge is -2.18. The first-order valence-corrected chi connectivity index (χ1v) is 6.48. The minimum Gasteiger partial charge on any atom is -0.313 e. The number of nitrogens with zero attached hydrogens (tertiary/aromatic N) is 1. The van der Waals surface area contributed by atoms with Gasteiger partial charge < -0.3 is 10.2 Å². The van der Waals surface area contributed by atoms with Crippen LogP contribution in [0.25, 0.3) is 0 Å². The second kappa shape index (κ2) is 8.69. The first-order valence-electron chi connectivity index (χ1n) is 6.48. The number of hydrogen-bond donors (Lipinski definition) is 1. The van der Waals surface area contributed by atoms with Gasteiger partial charge in [-0.25, -0.2) is 4.39 Å². The second-order valence-corrected chi connectivity index (χ2v) is 4.36. The van der Waals surface area contributed by atoms with E-state index in [1.165, 1.54) is 0 Å². The van der Waals surface area contributed by atoms with Gasteiger partial charge in [-0.15, -0.1) is 0 Å². The number of rotatable bonds is 5. The van der Waals surface area contributed by atoms with Gasteiger partial charge in [0, 0.05) is 19.1 Å². The van der Waals surface area contributed by atoms with Crippen LogP contribution in [0.2, 0.25) is 0 Å². The van der Waals surface area contributed by atoms with Crippen LogP contribution in [-0.4, -0.2) is 50.5 Å². The molecule has 0 aromatic heterocycles. The zero-order valence-corrected chi connectivity index (χ0v) is 11.4. The zero-order chi connectivity index (χ0) is 14.2. The molecule has 0 spiro atoms. The van der Waals surface area contributed by atoms with E-state index in [9.17, 15) is 17.6 Å². The quantitative estimate of drug-likeness (QED) is 0.774. The van der Waals surface area contributed by atoms with E-state index in [0.717, 1.165) is 0 Å². The van der Waals surface area contributed by atoms with Crippen LogP contribution >= 0.6 is 0 Å². The highest BCUT2D eigenvalue weighted by atomic mass is 19.4. The predicted octanol–water partition coefficient (Wildman–Crippen LogP) is 2.84. The molecule has 0 radical (unpaired) electrons. The van der Waals surface area contributed by atoms with E-state index in [1.54, 1.807) is 11.9 Å². The molecule has 1 N–H and O–H groups in total. The van der Waals surface area contributed by atoms with Gasteiger partial charge in [-0.1, -0.05) is 13.8 Å². The normalized spacial score (nSPS) is 24.0. The van der Waals surface area contributed by atoms with E-state index in [1.807, 2.05) is 13.8 Å². The molecular weight excluding hydrogens is 248 g/mol. The minimum absolute atomic E-state index is 0.0149. The van der Waals surface area contributed by atoms with E-state index in [2.05, 4.69) is 5.32 Å². The average molecular weight is 272 g/mol. The molecule has 0 saturated carbocycles. The van der Waals surface area contributed by atoms with Crippen molar-refractivity contribution in [3.63, 3.8) is 0 Å². The van der Waals surface area contributed by atoms with Gasteiger partial charge in [-0.2, -0.15) is 13.2 Å². The van der Waals surface area contributed by atoms with Crippen LogP contribution in [0.1, 0.15) is 26.7 Å². The van der Waals surface area contributed by atoms with Gasteiger partial charge in [-0.3, -0.25) is 0 Å². The number of halogens is 4. The molecule has 1 saturated heterocycles. The lowest BCUT2D eigenvalue weighted by Crippen LogP contribution is -2.29. The summed E-state index contributed by atoms with van der Waals surface area (Å²) in [5, 5.41) is 2.87. The topological polar surface area (TPSA) is 15.3 Å². The Morgan fingerprint density at radius 2 is 1.83 bits per heavy atom. The maximum Gasteiger partial charge on any atom is 0.393 e. The molecule has 1 aliphatic rings. The Morgan fingerprint density at radius 1 is 1.22 bits per heavy atom. The van der Waals surface area contributed by atoms with E-state index < -0.39 is 18.8 Å². The van der Waals surface area contributed by atoms with Crippen molar-refractivity contribution in [3.8, 4) is 0 Å². The number of hydrogen-bond acceptors (Lipinski definition) is 2. The maximum absolute atomic E-state index is 12.4. The first kappa shape index (κ1) is 17.6. The fourth-order valence-electron chi connectivity index (χ4n) is 1.92. The smallest absolute Gasteiger partial charge is 0.313 e. The van der Waals surface area contributed by atoms with E-state index >= 15 is 0 Å². The van der Waals surface area contributed by atoms with Crippen molar-refractivity contribution in [1.29, 1.82) is 0 Å². The Balaban J connectivity index is 0.00000137. The summed E-state index contributed by atoms with van der Waals surface area (Å²) in [5.74, 6) is -1.22. The van der Waals surface area contributed by atoms with Crippen LogP contribution in [0.4, 0.5) is 17.6 Å². The molecule has 2 unspecified atom stereocenters. The van der Waals surface area contributed by atoms with Crippen molar-refractivity contribution >= 4 is 0 Å². The standard InChI is InChI=1S/C10H18F4N2.C2H6/c1-16(5-3-11)4-2-9-6-8(7-15-9)10(12,13)14;1-2/h8-9,15H,2-7H2,1H3;1-2H3. The maximum atomic E-state index is 12.4. The molecule has 1 heterocycles. The molecule has 110 valence electrons. The summed E-state index contributed by atoms with van der Waals surface area (Å²) < 4.78 is 49.0. The average Bonchev–Trinajstić information content (AvgIpc) is 2.78. The van der Waals surface area contributed by atoms with E-state index in [0.29, 0.717) is 19.5 Å². The Labute approximate surface area is 107 Å². The third-order valence-corrected chi connectivity index (χ3v) is 3.01. The summed E-state index contributed by atoms with van der Waals surface area (Å²) in [6.45, 7) is 4.57. The summed E-state index contributed by atoms with van der Waals surface area (Å²) in [5.41, 5.74) is 0. The van der Waals surface area contributed by atoms with Crippen molar-refractivity contribution in [2.75, 3.05) is 33.4 Å². The molecule has 6 heteroatoms. The van der Waals surface area contributed by atoms with Crippen LogP contribution in [0, 0.1) is 5.92 Å². The molecule has 2 atom stereocenters. The fraction of sp³-hybridized carbons (Fsp3) is 1.00. The summed E-state index contributed by atoms with van der Waals surface area (Å²) >= 11 is 0. The van der Waals surface area contributed by atoms with Gasteiger partial charge in [0.1, 0.15) is 6.67 Å². The van der Waals surface area contributed by atoms with Gasteiger partial charge in [0.15, 0.2) is 0 Å². The van der Waals surface area contributed by atoms with Gasteiger partial charge in [-0.05, 0) is 26.4 Å². The molecule has 1 rings (SSSR count). The Morgan fingerprint density at radius 3 is 2.28 bits per heavy atom. The van der Waals surface area contributed by atoms with Crippen LogP contribution in [-0.2, 0) is 0 Å². The third kappa shape index (κ3) is 6.54. The van der Waals surface area contributed by atoms with Crippen molar-refractivity contribution in [3.05, 3.63) is 0 Å². The summed E-state index contributed by atoms with van der Waals surface area (Å²) in [6, 6.07) is -0.0892. The molecule has 0 amide bonds. The largest absolute Gasteiger partial charge is 0.393 e. The van der Waals surface area contributed by atoms with Crippen LogP contribution in [0.5, 0.6) is 0 Å². The van der Waals surface area contributed by atoms with Gasteiger partial charge >= 0.3 is 6.18 Å². The van der Waals surface area contributed by atoms with Crippen molar-refractivity contribution < 1.29 is 17.6 Å². The highest BCUT2D eigenvalue weighted by molar-refractivity contribution is 4.85. The summed E-state index contributed by atoms with van der Waals surface area (Å²) in [4.78, 5) is 1.79. The van der Waals surface area contributed by atoms with Gasteiger partial charge in [0.05, 0.1) is 5.92 Å². The Bertz CT molecular complexity index is 209. The summed E-state index contributed by atoms with van der Waals surface area (Å²) in [6.07, 6.45) is -3.30. The molecular formula is C12H24F4N2. The molecule has 0 aromatic carbocycles. The molecule has 0 aliphatic carbocycles. The van der Waals surface area contributed by atoms with Crippen molar-refractivity contribution in [2.24, 2.45) is 5.92 Å². The minimum atomic E-state index is -4.09.